The molecule has 0 fully saturated rings. The molecular weight excluding hydrogens is 304 g/mol. The van der Waals surface area contributed by atoms with Crippen LogP contribution in [0.25, 0.3) is 0 Å². The fourth-order valence-corrected chi connectivity index (χ4v) is 2.24. The first-order valence-corrected chi connectivity index (χ1v) is 7.89. The van der Waals surface area contributed by atoms with Crippen LogP contribution in [0.15, 0.2) is 48.5 Å². The topological polar surface area (TPSA) is 67.4 Å². The van der Waals surface area contributed by atoms with Crippen molar-refractivity contribution < 1.29 is 14.3 Å². The molecule has 5 heteroatoms. The Morgan fingerprint density at radius 3 is 2.21 bits per heavy atom. The minimum Gasteiger partial charge on any atom is -0.481 e. The van der Waals surface area contributed by atoms with E-state index in [1.54, 1.807) is 24.3 Å². The van der Waals surface area contributed by atoms with Gasteiger partial charge in [-0.25, -0.2) is 0 Å². The van der Waals surface area contributed by atoms with Crippen molar-refractivity contribution in [3.05, 3.63) is 54.1 Å². The second-order valence-corrected chi connectivity index (χ2v) is 5.58. The third-order valence-electron chi connectivity index (χ3n) is 3.40. The lowest BCUT2D eigenvalue weighted by atomic mass is 10.2. The van der Waals surface area contributed by atoms with E-state index in [2.05, 4.69) is 10.6 Å². The SMILES string of the molecule is CC[C@H](Oc1cccc(C)c1)C(=O)Nc1ccc(NC(C)=O)cc1. The van der Waals surface area contributed by atoms with Crippen LogP contribution in [0, 0.1) is 6.92 Å². The Morgan fingerprint density at radius 1 is 1.04 bits per heavy atom. The molecule has 0 bridgehead atoms. The van der Waals surface area contributed by atoms with Gasteiger partial charge in [-0.3, -0.25) is 9.59 Å². The van der Waals surface area contributed by atoms with Crippen molar-refractivity contribution in [1.29, 1.82) is 0 Å². The van der Waals surface area contributed by atoms with E-state index >= 15 is 0 Å². The first kappa shape index (κ1) is 17.5. The fourth-order valence-electron chi connectivity index (χ4n) is 2.24. The summed E-state index contributed by atoms with van der Waals surface area (Å²) in [6, 6.07) is 14.6. The number of hydrogen-bond acceptors (Lipinski definition) is 3. The van der Waals surface area contributed by atoms with E-state index in [0.29, 0.717) is 23.5 Å². The number of amides is 2. The van der Waals surface area contributed by atoms with Crippen LogP contribution in [0.1, 0.15) is 25.8 Å². The standard InChI is InChI=1S/C19H22N2O3/c1-4-18(24-17-7-5-6-13(2)12-17)19(23)21-16-10-8-15(9-11-16)20-14(3)22/h5-12,18H,4H2,1-3H3,(H,20,22)(H,21,23)/t18-/m0/s1. The highest BCUT2D eigenvalue weighted by Gasteiger charge is 2.18. The average Bonchev–Trinajstić information content (AvgIpc) is 2.54. The van der Waals surface area contributed by atoms with Gasteiger partial charge in [0, 0.05) is 18.3 Å². The number of anilines is 2. The van der Waals surface area contributed by atoms with Crippen molar-refractivity contribution >= 4 is 23.2 Å². The number of benzene rings is 2. The van der Waals surface area contributed by atoms with E-state index in [1.165, 1.54) is 6.92 Å². The van der Waals surface area contributed by atoms with Crippen LogP contribution < -0.4 is 15.4 Å². The minimum absolute atomic E-state index is 0.135. The van der Waals surface area contributed by atoms with Gasteiger partial charge in [-0.1, -0.05) is 19.1 Å². The fraction of sp³-hybridized carbons (Fsp3) is 0.263. The molecule has 0 heterocycles. The highest BCUT2D eigenvalue weighted by atomic mass is 16.5. The van der Waals surface area contributed by atoms with Crippen LogP contribution in [0.2, 0.25) is 0 Å². The minimum atomic E-state index is -0.568. The molecule has 1 atom stereocenters. The van der Waals surface area contributed by atoms with Gasteiger partial charge in [0.2, 0.25) is 5.91 Å². The summed E-state index contributed by atoms with van der Waals surface area (Å²) < 4.78 is 5.79. The molecule has 126 valence electrons. The predicted octanol–water partition coefficient (Wildman–Crippen LogP) is 3.75. The van der Waals surface area contributed by atoms with Crippen LogP contribution in [0.4, 0.5) is 11.4 Å². The van der Waals surface area contributed by atoms with Crippen LogP contribution in [-0.2, 0) is 9.59 Å². The van der Waals surface area contributed by atoms with Gasteiger partial charge in [-0.05, 0) is 55.3 Å². The molecule has 2 amide bonds. The molecule has 0 aliphatic heterocycles. The second kappa shape index (κ2) is 8.15. The van der Waals surface area contributed by atoms with Gasteiger partial charge in [-0.15, -0.1) is 0 Å². The Morgan fingerprint density at radius 2 is 1.67 bits per heavy atom. The summed E-state index contributed by atoms with van der Waals surface area (Å²) in [6.45, 7) is 5.33. The Kier molecular flexibility index (Phi) is 5.95. The van der Waals surface area contributed by atoms with Gasteiger partial charge in [0.25, 0.3) is 5.91 Å². The molecule has 0 saturated carbocycles. The summed E-state index contributed by atoms with van der Waals surface area (Å²) in [7, 11) is 0. The van der Waals surface area contributed by atoms with Crippen molar-refractivity contribution in [2.75, 3.05) is 10.6 Å². The summed E-state index contributed by atoms with van der Waals surface area (Å²) in [4.78, 5) is 23.4. The summed E-state index contributed by atoms with van der Waals surface area (Å²) in [5.41, 5.74) is 2.42. The van der Waals surface area contributed by atoms with E-state index in [4.69, 9.17) is 4.74 Å². The van der Waals surface area contributed by atoms with Crippen molar-refractivity contribution in [1.82, 2.24) is 0 Å². The molecule has 2 aromatic carbocycles. The molecule has 2 N–H and O–H groups in total. The highest BCUT2D eigenvalue weighted by molar-refractivity contribution is 5.95. The van der Waals surface area contributed by atoms with Gasteiger partial charge >= 0.3 is 0 Å². The molecule has 24 heavy (non-hydrogen) atoms. The first-order valence-electron chi connectivity index (χ1n) is 7.89. The third-order valence-corrected chi connectivity index (χ3v) is 3.40. The second-order valence-electron chi connectivity index (χ2n) is 5.58. The molecule has 2 rings (SSSR count). The van der Waals surface area contributed by atoms with Crippen LogP contribution >= 0.6 is 0 Å². The quantitative estimate of drug-likeness (QED) is 0.849. The monoisotopic (exact) mass is 326 g/mol. The zero-order valence-corrected chi connectivity index (χ0v) is 14.1. The number of carbonyl (C=O) groups is 2. The molecule has 0 spiro atoms. The van der Waals surface area contributed by atoms with Gasteiger partial charge in [0.15, 0.2) is 6.10 Å². The van der Waals surface area contributed by atoms with Crippen LogP contribution in [0.5, 0.6) is 5.75 Å². The van der Waals surface area contributed by atoms with Gasteiger partial charge in [0.05, 0.1) is 0 Å². The summed E-state index contributed by atoms with van der Waals surface area (Å²) >= 11 is 0. The molecule has 0 radical (unpaired) electrons. The Hall–Kier alpha value is -2.82. The van der Waals surface area contributed by atoms with Crippen molar-refractivity contribution in [3.8, 4) is 5.75 Å². The zero-order chi connectivity index (χ0) is 17.5. The molecule has 2 aromatic rings. The lowest BCUT2D eigenvalue weighted by molar-refractivity contribution is -0.122. The third kappa shape index (κ3) is 5.12. The number of nitrogens with one attached hydrogen (secondary N) is 2. The number of aryl methyl sites for hydroxylation is 1. The molecule has 0 unspecified atom stereocenters. The molecule has 0 aromatic heterocycles. The maximum Gasteiger partial charge on any atom is 0.265 e. The average molecular weight is 326 g/mol. The summed E-state index contributed by atoms with van der Waals surface area (Å²) in [6.07, 6.45) is -0.00848. The molecule has 0 aliphatic rings. The number of hydrogen-bond donors (Lipinski definition) is 2. The number of rotatable bonds is 6. The molecule has 5 nitrogen and oxygen atoms in total. The van der Waals surface area contributed by atoms with Crippen molar-refractivity contribution in [2.24, 2.45) is 0 Å². The Bertz CT molecular complexity index is 711. The largest absolute Gasteiger partial charge is 0.481 e. The lowest BCUT2D eigenvalue weighted by Crippen LogP contribution is -2.32. The van der Waals surface area contributed by atoms with Gasteiger partial charge in [-0.2, -0.15) is 0 Å². The van der Waals surface area contributed by atoms with E-state index in [9.17, 15) is 9.59 Å². The number of carbonyl (C=O) groups excluding carboxylic acids is 2. The molecule has 0 aliphatic carbocycles. The van der Waals surface area contributed by atoms with Crippen LogP contribution in [0.3, 0.4) is 0 Å². The van der Waals surface area contributed by atoms with Gasteiger partial charge < -0.3 is 15.4 Å². The molecular formula is C19H22N2O3. The first-order chi connectivity index (χ1) is 11.5. The van der Waals surface area contributed by atoms with E-state index in [0.717, 1.165) is 5.56 Å². The van der Waals surface area contributed by atoms with E-state index in [1.807, 2.05) is 38.1 Å². The summed E-state index contributed by atoms with van der Waals surface area (Å²) in [5, 5.41) is 5.51. The van der Waals surface area contributed by atoms with Crippen molar-refractivity contribution in [2.45, 2.75) is 33.3 Å². The summed E-state index contributed by atoms with van der Waals surface area (Å²) in [5.74, 6) is 0.341. The predicted molar refractivity (Wildman–Crippen MR) is 95.3 cm³/mol. The van der Waals surface area contributed by atoms with E-state index < -0.39 is 6.10 Å². The van der Waals surface area contributed by atoms with Gasteiger partial charge in [0.1, 0.15) is 5.75 Å². The Balaban J connectivity index is 1.99. The smallest absolute Gasteiger partial charge is 0.265 e. The highest BCUT2D eigenvalue weighted by Crippen LogP contribution is 2.18. The Labute approximate surface area is 142 Å². The molecule has 0 saturated heterocycles. The zero-order valence-electron chi connectivity index (χ0n) is 14.1. The van der Waals surface area contributed by atoms with Crippen LogP contribution in [-0.4, -0.2) is 17.9 Å². The number of ether oxygens (including phenoxy) is 1. The van der Waals surface area contributed by atoms with E-state index in [-0.39, 0.29) is 11.8 Å². The lowest BCUT2D eigenvalue weighted by Gasteiger charge is -2.17. The van der Waals surface area contributed by atoms with Crippen molar-refractivity contribution in [3.63, 3.8) is 0 Å². The maximum atomic E-state index is 12.4. The normalized spacial score (nSPS) is 11.5. The maximum absolute atomic E-state index is 12.4.